The van der Waals surface area contributed by atoms with E-state index in [9.17, 15) is 18.0 Å². The Balaban J connectivity index is 1.30. The molecule has 8 heteroatoms. The van der Waals surface area contributed by atoms with Crippen LogP contribution in [0.3, 0.4) is 0 Å². The number of piperidine rings is 2. The molecular weight excluding hydrogens is 414 g/mol. The maximum Gasteiger partial charge on any atom is 0.243 e. The standard InChI is InChI=1S/C23H33N3O4S/c1-18(27)19-4-6-22(7-5-19)31(29,30)26-16-8-20(9-17-26)23(28)25-14-10-21(11-15-25)24-12-2-3-13-24/h4-7,20-21H,2-3,8-17H2,1H3. The van der Waals surface area contributed by atoms with Gasteiger partial charge in [-0.3, -0.25) is 9.59 Å². The van der Waals surface area contributed by atoms with E-state index >= 15 is 0 Å². The minimum Gasteiger partial charge on any atom is -0.342 e. The Morgan fingerprint density at radius 1 is 0.839 bits per heavy atom. The largest absolute Gasteiger partial charge is 0.342 e. The van der Waals surface area contributed by atoms with Crippen molar-refractivity contribution in [2.45, 2.75) is 56.4 Å². The average Bonchev–Trinajstić information content (AvgIpc) is 3.34. The first kappa shape index (κ1) is 22.4. The molecule has 0 aromatic heterocycles. The molecule has 31 heavy (non-hydrogen) atoms. The van der Waals surface area contributed by atoms with Crippen molar-refractivity contribution in [2.24, 2.45) is 5.92 Å². The molecule has 3 fully saturated rings. The number of benzene rings is 1. The summed E-state index contributed by atoms with van der Waals surface area (Å²) in [4.78, 5) is 29.2. The molecule has 7 nitrogen and oxygen atoms in total. The lowest BCUT2D eigenvalue weighted by molar-refractivity contribution is -0.138. The molecule has 1 aromatic carbocycles. The van der Waals surface area contributed by atoms with Gasteiger partial charge in [0.05, 0.1) is 4.90 Å². The Labute approximate surface area is 185 Å². The van der Waals surface area contributed by atoms with Gasteiger partial charge in [0.1, 0.15) is 0 Å². The first-order chi connectivity index (χ1) is 14.9. The van der Waals surface area contributed by atoms with Gasteiger partial charge in [-0.15, -0.1) is 0 Å². The summed E-state index contributed by atoms with van der Waals surface area (Å²) in [5.74, 6) is 0.0188. The summed E-state index contributed by atoms with van der Waals surface area (Å²) >= 11 is 0. The number of Topliss-reactive ketones (excluding diaryl/α,β-unsaturated/α-hetero) is 1. The Morgan fingerprint density at radius 2 is 1.42 bits per heavy atom. The van der Waals surface area contributed by atoms with Crippen LogP contribution in [0.15, 0.2) is 29.2 Å². The second-order valence-electron chi connectivity index (χ2n) is 9.06. The van der Waals surface area contributed by atoms with Gasteiger partial charge in [-0.2, -0.15) is 4.31 Å². The van der Waals surface area contributed by atoms with Gasteiger partial charge >= 0.3 is 0 Å². The third-order valence-corrected chi connectivity index (χ3v) is 9.05. The zero-order chi connectivity index (χ0) is 22.0. The van der Waals surface area contributed by atoms with E-state index in [1.807, 2.05) is 4.90 Å². The van der Waals surface area contributed by atoms with Crippen LogP contribution >= 0.6 is 0 Å². The maximum atomic E-state index is 13.0. The highest BCUT2D eigenvalue weighted by molar-refractivity contribution is 7.89. The molecule has 0 aliphatic carbocycles. The monoisotopic (exact) mass is 447 g/mol. The lowest BCUT2D eigenvalue weighted by atomic mass is 9.94. The zero-order valence-corrected chi connectivity index (χ0v) is 19.1. The second-order valence-corrected chi connectivity index (χ2v) is 11.0. The summed E-state index contributed by atoms with van der Waals surface area (Å²) in [7, 11) is -3.60. The molecule has 3 saturated heterocycles. The predicted molar refractivity (Wildman–Crippen MR) is 118 cm³/mol. The molecule has 3 aliphatic rings. The number of likely N-dealkylation sites (tertiary alicyclic amines) is 2. The Hall–Kier alpha value is -1.77. The highest BCUT2D eigenvalue weighted by atomic mass is 32.2. The second kappa shape index (κ2) is 9.38. The van der Waals surface area contributed by atoms with E-state index in [1.165, 1.54) is 49.3 Å². The van der Waals surface area contributed by atoms with Crippen LogP contribution in [0.2, 0.25) is 0 Å². The molecule has 0 atom stereocenters. The fraction of sp³-hybridized carbons (Fsp3) is 0.652. The highest BCUT2D eigenvalue weighted by Crippen LogP contribution is 2.27. The smallest absolute Gasteiger partial charge is 0.243 e. The lowest BCUT2D eigenvalue weighted by Crippen LogP contribution is -2.49. The van der Waals surface area contributed by atoms with Crippen LogP contribution in [-0.2, 0) is 14.8 Å². The molecule has 3 aliphatic heterocycles. The molecule has 170 valence electrons. The van der Waals surface area contributed by atoms with Gasteiger partial charge in [0.2, 0.25) is 15.9 Å². The van der Waals surface area contributed by atoms with Gasteiger partial charge in [0.25, 0.3) is 0 Å². The van der Waals surface area contributed by atoms with Crippen molar-refractivity contribution in [3.05, 3.63) is 29.8 Å². The normalized spacial score (nSPS) is 22.7. The lowest BCUT2D eigenvalue weighted by Gasteiger charge is -2.39. The molecule has 0 spiro atoms. The number of nitrogens with zero attached hydrogens (tertiary/aromatic N) is 3. The third kappa shape index (κ3) is 4.86. The van der Waals surface area contributed by atoms with Crippen LogP contribution < -0.4 is 0 Å². The van der Waals surface area contributed by atoms with E-state index in [4.69, 9.17) is 0 Å². The van der Waals surface area contributed by atoms with Crippen LogP contribution in [-0.4, -0.2) is 79.5 Å². The molecule has 3 heterocycles. The molecule has 1 amide bonds. The van der Waals surface area contributed by atoms with Crippen molar-refractivity contribution in [1.82, 2.24) is 14.1 Å². The van der Waals surface area contributed by atoms with Crippen molar-refractivity contribution in [3.63, 3.8) is 0 Å². The SMILES string of the molecule is CC(=O)c1ccc(S(=O)(=O)N2CCC(C(=O)N3CCC(N4CCCC4)CC3)CC2)cc1. The van der Waals surface area contributed by atoms with Gasteiger partial charge in [-0.1, -0.05) is 12.1 Å². The zero-order valence-electron chi connectivity index (χ0n) is 18.3. The van der Waals surface area contributed by atoms with Crippen LogP contribution in [0.25, 0.3) is 0 Å². The fourth-order valence-corrected chi connectivity index (χ4v) is 6.64. The number of rotatable bonds is 5. The highest BCUT2D eigenvalue weighted by Gasteiger charge is 2.35. The molecule has 4 rings (SSSR count). The predicted octanol–water partition coefficient (Wildman–Crippen LogP) is 2.38. The minimum atomic E-state index is -3.60. The van der Waals surface area contributed by atoms with Crippen molar-refractivity contribution in [2.75, 3.05) is 39.3 Å². The van der Waals surface area contributed by atoms with Crippen LogP contribution in [0.1, 0.15) is 55.8 Å². The van der Waals surface area contributed by atoms with Crippen molar-refractivity contribution >= 4 is 21.7 Å². The van der Waals surface area contributed by atoms with Crippen molar-refractivity contribution in [3.8, 4) is 0 Å². The molecule has 1 aromatic rings. The van der Waals surface area contributed by atoms with E-state index in [0.717, 1.165) is 25.9 Å². The Kier molecular flexibility index (Phi) is 6.79. The summed E-state index contributed by atoms with van der Waals surface area (Å²) in [6, 6.07) is 6.71. The van der Waals surface area contributed by atoms with Gasteiger partial charge in [-0.25, -0.2) is 8.42 Å². The van der Waals surface area contributed by atoms with E-state index in [1.54, 1.807) is 12.1 Å². The Morgan fingerprint density at radius 3 is 1.97 bits per heavy atom. The third-order valence-electron chi connectivity index (χ3n) is 7.13. The van der Waals surface area contributed by atoms with Crippen molar-refractivity contribution < 1.29 is 18.0 Å². The van der Waals surface area contributed by atoms with Crippen LogP contribution in [0, 0.1) is 5.92 Å². The van der Waals surface area contributed by atoms with Crippen molar-refractivity contribution in [1.29, 1.82) is 0 Å². The molecular formula is C23H33N3O4S. The van der Waals surface area contributed by atoms with E-state index in [2.05, 4.69) is 4.90 Å². The summed E-state index contributed by atoms with van der Waals surface area (Å²) in [6.45, 7) is 6.21. The molecule has 0 bridgehead atoms. The minimum absolute atomic E-state index is 0.0881. The summed E-state index contributed by atoms with van der Waals surface area (Å²) in [6.07, 6.45) is 5.82. The molecule has 0 unspecified atom stereocenters. The Bertz CT molecular complexity index is 893. The van der Waals surface area contributed by atoms with Gasteiger partial charge in [0, 0.05) is 43.7 Å². The van der Waals surface area contributed by atoms with E-state index in [0.29, 0.717) is 37.5 Å². The van der Waals surface area contributed by atoms with Crippen LogP contribution in [0.4, 0.5) is 0 Å². The summed E-state index contributed by atoms with van der Waals surface area (Å²) < 4.78 is 27.4. The topological polar surface area (TPSA) is 78.0 Å². The van der Waals surface area contributed by atoms with E-state index < -0.39 is 10.0 Å². The fourth-order valence-electron chi connectivity index (χ4n) is 5.17. The van der Waals surface area contributed by atoms with Gasteiger partial charge in [0.15, 0.2) is 5.78 Å². The number of ketones is 1. The quantitative estimate of drug-likeness (QED) is 0.648. The number of carbonyl (C=O) groups is 2. The number of amides is 1. The number of hydrogen-bond acceptors (Lipinski definition) is 5. The maximum absolute atomic E-state index is 13.0. The van der Waals surface area contributed by atoms with Gasteiger partial charge < -0.3 is 9.80 Å². The van der Waals surface area contributed by atoms with Crippen LogP contribution in [0.5, 0.6) is 0 Å². The first-order valence-electron chi connectivity index (χ1n) is 11.5. The molecule has 0 radical (unpaired) electrons. The average molecular weight is 448 g/mol. The van der Waals surface area contributed by atoms with Gasteiger partial charge in [-0.05, 0) is 70.7 Å². The molecule has 0 saturated carbocycles. The summed E-state index contributed by atoms with van der Waals surface area (Å²) in [5, 5.41) is 0. The summed E-state index contributed by atoms with van der Waals surface area (Å²) in [5.41, 5.74) is 0.497. The van der Waals surface area contributed by atoms with E-state index in [-0.39, 0.29) is 22.5 Å². The number of sulfonamides is 1. The first-order valence-corrected chi connectivity index (χ1v) is 12.9. The molecule has 0 N–H and O–H groups in total. The number of hydrogen-bond donors (Lipinski definition) is 0. The number of carbonyl (C=O) groups excluding carboxylic acids is 2.